The molecule has 0 unspecified atom stereocenters. The van der Waals surface area contributed by atoms with E-state index < -0.39 is 14.0 Å². The summed E-state index contributed by atoms with van der Waals surface area (Å²) < 4.78 is 35.8. The average Bonchev–Trinajstić information content (AvgIpc) is 3.27. The van der Waals surface area contributed by atoms with E-state index in [1.54, 1.807) is 14.2 Å². The first-order chi connectivity index (χ1) is 12.9. The molecule has 7 heteroatoms. The first-order valence-corrected chi connectivity index (χ1v) is 10.1. The van der Waals surface area contributed by atoms with Crippen LogP contribution in [0.3, 0.4) is 0 Å². The molecule has 0 aliphatic heterocycles. The molecule has 0 saturated carbocycles. The molecule has 0 heterocycles. The van der Waals surface area contributed by atoms with E-state index in [9.17, 15) is 4.79 Å². The molecule has 27 heavy (non-hydrogen) atoms. The summed E-state index contributed by atoms with van der Waals surface area (Å²) in [6.07, 6.45) is 5.31. The number of ketones is 1. The van der Waals surface area contributed by atoms with Gasteiger partial charge in [0.25, 0.3) is 0 Å². The van der Waals surface area contributed by atoms with Crippen LogP contribution in [0.1, 0.15) is 39.9 Å². The Labute approximate surface area is 162 Å². The summed E-state index contributed by atoms with van der Waals surface area (Å²) in [5.74, 6) is 2.08. The third kappa shape index (κ3) is 6.09. The third-order valence-corrected chi connectivity index (χ3v) is 4.54. The zero-order valence-electron chi connectivity index (χ0n) is 15.4. The van der Waals surface area contributed by atoms with Crippen LogP contribution in [0.5, 0.6) is 11.5 Å². The van der Waals surface area contributed by atoms with Crippen LogP contribution >= 0.6 is 0 Å². The van der Waals surface area contributed by atoms with Crippen molar-refractivity contribution in [1.29, 1.82) is 0 Å². The standard InChI is InChI=1S/C10H10O2.C10H12O.Cr.3O/c1-12-8-3-4-9-7(6-8)2-5-10(9)11;1-11-10-6-5-8-3-2-4-9(8)7-10;;;;/h3-4,6H,2,5H2,1H3;5-7H,2-4H2,1H3;;;;. The number of benzene rings is 2. The van der Waals surface area contributed by atoms with Gasteiger partial charge in [0, 0.05) is 12.0 Å². The molecule has 0 N–H and O–H groups in total. The molecule has 0 amide bonds. The van der Waals surface area contributed by atoms with Gasteiger partial charge in [0.1, 0.15) is 11.5 Å². The fraction of sp³-hybridized carbons (Fsp3) is 0.350. The van der Waals surface area contributed by atoms with Crippen LogP contribution < -0.4 is 9.47 Å². The number of fused-ring (bicyclic) bond motifs is 2. The Morgan fingerprint density at radius 3 is 1.93 bits per heavy atom. The number of rotatable bonds is 2. The molecular weight excluding hydrogens is 388 g/mol. The molecule has 0 spiro atoms. The van der Waals surface area contributed by atoms with Crippen molar-refractivity contribution >= 4 is 5.78 Å². The molecule has 0 radical (unpaired) electrons. The molecule has 0 atom stereocenters. The van der Waals surface area contributed by atoms with Gasteiger partial charge in [0.2, 0.25) is 0 Å². The number of aryl methyl sites for hydroxylation is 3. The van der Waals surface area contributed by atoms with Gasteiger partial charge < -0.3 is 9.47 Å². The molecule has 0 aromatic heterocycles. The third-order valence-electron chi connectivity index (χ3n) is 4.54. The Balaban J connectivity index is 0.000000163. The van der Waals surface area contributed by atoms with Gasteiger partial charge in [-0.15, -0.1) is 0 Å². The predicted octanol–water partition coefficient (Wildman–Crippen LogP) is 3.65. The van der Waals surface area contributed by atoms with E-state index in [1.165, 1.54) is 30.4 Å². The van der Waals surface area contributed by atoms with E-state index in [4.69, 9.17) is 20.9 Å². The monoisotopic (exact) mass is 410 g/mol. The van der Waals surface area contributed by atoms with Crippen molar-refractivity contribution in [3.05, 3.63) is 58.7 Å². The zero-order valence-corrected chi connectivity index (χ0v) is 16.6. The van der Waals surface area contributed by atoms with Crippen molar-refractivity contribution in [3.8, 4) is 11.5 Å². The fourth-order valence-electron chi connectivity index (χ4n) is 3.23. The number of carbonyl (C=O) groups is 1. The summed E-state index contributed by atoms with van der Waals surface area (Å²) >= 11 is -3.79. The minimum absolute atomic E-state index is 0.257. The molecule has 2 aromatic carbocycles. The van der Waals surface area contributed by atoms with Gasteiger partial charge in [-0.2, -0.15) is 0 Å². The zero-order chi connectivity index (χ0) is 19.8. The van der Waals surface area contributed by atoms with Crippen molar-refractivity contribution in [3.63, 3.8) is 0 Å². The van der Waals surface area contributed by atoms with Crippen LogP contribution in [0.2, 0.25) is 0 Å². The molecule has 0 bridgehead atoms. The summed E-state index contributed by atoms with van der Waals surface area (Å²) in [4.78, 5) is 11.2. The van der Waals surface area contributed by atoms with E-state index in [-0.39, 0.29) is 5.78 Å². The number of methoxy groups -OCH3 is 2. The Morgan fingerprint density at radius 2 is 1.30 bits per heavy atom. The second kappa shape index (κ2) is 10.1. The molecule has 0 saturated heterocycles. The number of Topliss-reactive ketones (excluding diaryl/α,β-unsaturated/α-hetero) is 1. The summed E-state index contributed by atoms with van der Waals surface area (Å²) in [5.41, 5.74) is 4.98. The normalized spacial score (nSPS) is 13.3. The summed E-state index contributed by atoms with van der Waals surface area (Å²) in [5, 5.41) is 0. The van der Waals surface area contributed by atoms with Gasteiger partial charge in [-0.3, -0.25) is 4.79 Å². The average molecular weight is 410 g/mol. The second-order valence-electron chi connectivity index (χ2n) is 6.14. The van der Waals surface area contributed by atoms with Gasteiger partial charge in [-0.1, -0.05) is 6.07 Å². The van der Waals surface area contributed by atoms with Crippen LogP contribution in [0.25, 0.3) is 0 Å². The Kier molecular flexibility index (Phi) is 7.84. The molecule has 2 aliphatic rings. The number of hydrogen-bond acceptors (Lipinski definition) is 6. The van der Waals surface area contributed by atoms with Gasteiger partial charge in [-0.25, -0.2) is 0 Å². The number of ether oxygens (including phenoxy) is 2. The van der Waals surface area contributed by atoms with E-state index in [2.05, 4.69) is 12.1 Å². The fourth-order valence-corrected chi connectivity index (χ4v) is 3.23. The second-order valence-corrected chi connectivity index (χ2v) is 6.78. The maximum absolute atomic E-state index is 11.2. The Bertz CT molecular complexity index is 912. The minimum atomic E-state index is -3.79. The van der Waals surface area contributed by atoms with Crippen LogP contribution in [-0.4, -0.2) is 20.0 Å². The van der Waals surface area contributed by atoms with Crippen molar-refractivity contribution in [2.45, 2.75) is 32.1 Å². The van der Waals surface area contributed by atoms with Crippen LogP contribution in [-0.2, 0) is 44.6 Å². The first kappa shape index (κ1) is 20.9. The number of carbonyl (C=O) groups excluding carboxylic acids is 1. The van der Waals surface area contributed by atoms with Crippen LogP contribution in [0.15, 0.2) is 36.4 Å². The van der Waals surface area contributed by atoms with Crippen molar-refractivity contribution < 1.29 is 39.6 Å². The molecule has 144 valence electrons. The topological polar surface area (TPSA) is 86.7 Å². The van der Waals surface area contributed by atoms with E-state index in [0.29, 0.717) is 6.42 Å². The Hall–Kier alpha value is -2.36. The predicted molar refractivity (Wildman–Crippen MR) is 92.7 cm³/mol. The van der Waals surface area contributed by atoms with Gasteiger partial charge in [0.05, 0.1) is 14.2 Å². The summed E-state index contributed by atoms with van der Waals surface area (Å²) in [7, 11) is 3.36. The molecule has 0 fully saturated rings. The molecule has 2 aliphatic carbocycles. The SMILES string of the molecule is COc1ccc2c(c1)CCC2.COc1ccc2c(c1)CCC2=O.[O]=[Cr](=[O])=[O]. The van der Waals surface area contributed by atoms with Gasteiger partial charge in [0.15, 0.2) is 5.78 Å². The van der Waals surface area contributed by atoms with Crippen LogP contribution in [0, 0.1) is 0 Å². The van der Waals surface area contributed by atoms with Crippen molar-refractivity contribution in [2.75, 3.05) is 14.2 Å². The number of hydrogen-bond donors (Lipinski definition) is 0. The molecule has 2 aromatic rings. The quantitative estimate of drug-likeness (QED) is 0.751. The molecule has 6 nitrogen and oxygen atoms in total. The summed E-state index contributed by atoms with van der Waals surface area (Å²) in [6, 6.07) is 12.0. The maximum atomic E-state index is 11.2. The van der Waals surface area contributed by atoms with E-state index >= 15 is 0 Å². The van der Waals surface area contributed by atoms with Gasteiger partial charge in [-0.05, 0) is 72.7 Å². The van der Waals surface area contributed by atoms with E-state index in [1.807, 2.05) is 24.3 Å². The molecular formula is C20H22CrO6. The van der Waals surface area contributed by atoms with E-state index in [0.717, 1.165) is 29.0 Å². The Morgan fingerprint density at radius 1 is 0.741 bits per heavy atom. The first-order valence-electron chi connectivity index (χ1n) is 8.57. The van der Waals surface area contributed by atoms with Crippen molar-refractivity contribution in [2.24, 2.45) is 0 Å². The van der Waals surface area contributed by atoms with Crippen molar-refractivity contribution in [1.82, 2.24) is 0 Å². The van der Waals surface area contributed by atoms with Crippen LogP contribution in [0.4, 0.5) is 0 Å². The molecule has 4 rings (SSSR count). The van der Waals surface area contributed by atoms with Gasteiger partial charge >= 0.3 is 25.4 Å². The summed E-state index contributed by atoms with van der Waals surface area (Å²) in [6.45, 7) is 0.